The highest BCUT2D eigenvalue weighted by Gasteiger charge is 2.36. The number of carbonyl (C=O) groups excluding carboxylic acids is 1. The molecule has 2 aromatic rings. The Kier molecular flexibility index (Phi) is 4.34. The van der Waals surface area contributed by atoms with E-state index in [0.717, 1.165) is 18.7 Å². The molecule has 138 valence electrons. The monoisotopic (exact) mass is 382 g/mol. The van der Waals surface area contributed by atoms with Crippen LogP contribution in [-0.4, -0.2) is 40.4 Å². The minimum Gasteiger partial charge on any atom is -0.340 e. The highest BCUT2D eigenvalue weighted by atomic mass is 32.1. The smallest absolute Gasteiger partial charge is 0.340 e. The van der Waals surface area contributed by atoms with Crippen LogP contribution >= 0.6 is 11.3 Å². The molecule has 0 bridgehead atoms. The highest BCUT2D eigenvalue weighted by Crippen LogP contribution is 2.30. The Morgan fingerprint density at radius 1 is 1.27 bits per heavy atom. The fraction of sp³-hybridized carbons (Fsp3) is 0.471. The largest absolute Gasteiger partial charge is 0.433 e. The van der Waals surface area contributed by atoms with E-state index in [9.17, 15) is 18.0 Å². The molecule has 0 aliphatic carbocycles. The predicted octanol–water partition coefficient (Wildman–Crippen LogP) is 2.97. The number of aromatic nitrogens is 2. The standard InChI is InChI=1S/C17H17F3N4OS/c18-17(19,20)14-1-5-21-16(22-14)24-6-2-12(10-24)15(25)23-7-3-13-11(9-23)4-8-26-13/h1,4-5,8,12H,2-3,6-7,9-10H2. The molecular weight excluding hydrogens is 365 g/mol. The maximum Gasteiger partial charge on any atom is 0.433 e. The van der Waals surface area contributed by atoms with E-state index in [1.807, 2.05) is 10.3 Å². The van der Waals surface area contributed by atoms with Crippen LogP contribution in [0.1, 0.15) is 22.6 Å². The summed E-state index contributed by atoms with van der Waals surface area (Å²) in [6, 6.07) is 2.91. The molecule has 1 unspecified atom stereocenters. The van der Waals surface area contributed by atoms with Gasteiger partial charge >= 0.3 is 6.18 Å². The normalized spacial score (nSPS) is 20.3. The molecule has 4 heterocycles. The molecule has 0 saturated carbocycles. The highest BCUT2D eigenvalue weighted by molar-refractivity contribution is 7.10. The predicted molar refractivity (Wildman–Crippen MR) is 90.8 cm³/mol. The summed E-state index contributed by atoms with van der Waals surface area (Å²) in [5.41, 5.74) is 0.240. The quantitative estimate of drug-likeness (QED) is 0.801. The SMILES string of the molecule is O=C(C1CCN(c2nccc(C(F)(F)F)n2)C1)N1CCc2sccc2C1. The van der Waals surface area contributed by atoms with Crippen LogP contribution in [0.3, 0.4) is 0 Å². The summed E-state index contributed by atoms with van der Waals surface area (Å²) in [6.07, 6.45) is -1.92. The van der Waals surface area contributed by atoms with Crippen LogP contribution in [0.2, 0.25) is 0 Å². The molecule has 0 N–H and O–H groups in total. The second-order valence-electron chi connectivity index (χ2n) is 6.55. The van der Waals surface area contributed by atoms with Crippen molar-refractivity contribution < 1.29 is 18.0 Å². The van der Waals surface area contributed by atoms with Gasteiger partial charge in [-0.3, -0.25) is 4.79 Å². The van der Waals surface area contributed by atoms with Crippen molar-refractivity contribution in [3.63, 3.8) is 0 Å². The van der Waals surface area contributed by atoms with Gasteiger partial charge in [-0.05, 0) is 35.9 Å². The second-order valence-corrected chi connectivity index (χ2v) is 7.55. The molecule has 1 fully saturated rings. The van der Waals surface area contributed by atoms with Gasteiger partial charge in [0.25, 0.3) is 0 Å². The Morgan fingerprint density at radius 2 is 2.12 bits per heavy atom. The summed E-state index contributed by atoms with van der Waals surface area (Å²) in [6.45, 7) is 2.15. The molecule has 26 heavy (non-hydrogen) atoms. The first-order valence-corrected chi connectivity index (χ1v) is 9.29. The molecule has 1 atom stereocenters. The number of hydrogen-bond donors (Lipinski definition) is 0. The van der Waals surface area contributed by atoms with E-state index in [1.165, 1.54) is 10.4 Å². The van der Waals surface area contributed by atoms with Crippen LogP contribution in [0.25, 0.3) is 0 Å². The van der Waals surface area contributed by atoms with Crippen molar-refractivity contribution in [3.8, 4) is 0 Å². The molecule has 1 amide bonds. The summed E-state index contributed by atoms with van der Waals surface area (Å²) < 4.78 is 38.5. The van der Waals surface area contributed by atoms with Crippen molar-refractivity contribution in [3.05, 3.63) is 39.8 Å². The first kappa shape index (κ1) is 17.3. The van der Waals surface area contributed by atoms with Gasteiger partial charge in [-0.15, -0.1) is 11.3 Å². The third kappa shape index (κ3) is 3.27. The lowest BCUT2D eigenvalue weighted by Crippen LogP contribution is -2.40. The third-order valence-corrected chi connectivity index (χ3v) is 5.90. The zero-order valence-electron chi connectivity index (χ0n) is 13.9. The lowest BCUT2D eigenvalue weighted by atomic mass is 10.0. The van der Waals surface area contributed by atoms with Crippen molar-refractivity contribution in [2.24, 2.45) is 5.92 Å². The van der Waals surface area contributed by atoms with Crippen molar-refractivity contribution >= 4 is 23.2 Å². The van der Waals surface area contributed by atoms with Gasteiger partial charge in [-0.1, -0.05) is 0 Å². The average molecular weight is 382 g/mol. The number of carbonyl (C=O) groups is 1. The number of nitrogens with zero attached hydrogens (tertiary/aromatic N) is 4. The van der Waals surface area contributed by atoms with Gasteiger partial charge in [0.1, 0.15) is 5.69 Å². The minimum atomic E-state index is -4.50. The number of amides is 1. The fourth-order valence-electron chi connectivity index (χ4n) is 3.50. The van der Waals surface area contributed by atoms with Crippen molar-refractivity contribution in [2.75, 3.05) is 24.5 Å². The van der Waals surface area contributed by atoms with Gasteiger partial charge in [0.15, 0.2) is 0 Å². The summed E-state index contributed by atoms with van der Waals surface area (Å²) in [4.78, 5) is 25.2. The zero-order chi connectivity index (χ0) is 18.3. The number of halogens is 3. The summed E-state index contributed by atoms with van der Waals surface area (Å²) in [5, 5.41) is 2.04. The molecule has 5 nitrogen and oxygen atoms in total. The molecule has 0 aromatic carbocycles. The van der Waals surface area contributed by atoms with Gasteiger partial charge in [0, 0.05) is 37.3 Å². The lowest BCUT2D eigenvalue weighted by Gasteiger charge is -2.29. The Hall–Kier alpha value is -2.16. The second kappa shape index (κ2) is 6.53. The Labute approximate surface area is 152 Å². The molecule has 2 aliphatic rings. The topological polar surface area (TPSA) is 49.3 Å². The van der Waals surface area contributed by atoms with Crippen LogP contribution in [0.5, 0.6) is 0 Å². The molecular formula is C17H17F3N4OS. The summed E-state index contributed by atoms with van der Waals surface area (Å²) in [5.74, 6) is -0.126. The fourth-order valence-corrected chi connectivity index (χ4v) is 4.39. The minimum absolute atomic E-state index is 0.0360. The molecule has 2 aliphatic heterocycles. The van der Waals surface area contributed by atoms with E-state index in [2.05, 4.69) is 16.0 Å². The van der Waals surface area contributed by atoms with Crippen LogP contribution < -0.4 is 4.90 Å². The number of fused-ring (bicyclic) bond motifs is 1. The first-order valence-electron chi connectivity index (χ1n) is 8.41. The van der Waals surface area contributed by atoms with Crippen LogP contribution in [-0.2, 0) is 23.9 Å². The molecule has 4 rings (SSSR count). The van der Waals surface area contributed by atoms with Crippen molar-refractivity contribution in [1.82, 2.24) is 14.9 Å². The van der Waals surface area contributed by atoms with Crippen LogP contribution in [0.4, 0.5) is 19.1 Å². The van der Waals surface area contributed by atoms with E-state index >= 15 is 0 Å². The van der Waals surface area contributed by atoms with Crippen LogP contribution in [0, 0.1) is 5.92 Å². The number of anilines is 1. The maximum absolute atomic E-state index is 12.8. The van der Waals surface area contributed by atoms with Gasteiger partial charge in [-0.2, -0.15) is 13.2 Å². The molecule has 0 radical (unpaired) electrons. The van der Waals surface area contributed by atoms with E-state index in [-0.39, 0.29) is 17.8 Å². The van der Waals surface area contributed by atoms with Crippen molar-refractivity contribution in [2.45, 2.75) is 25.6 Å². The van der Waals surface area contributed by atoms with E-state index in [1.54, 1.807) is 16.2 Å². The molecule has 9 heteroatoms. The average Bonchev–Trinajstić information content (AvgIpc) is 3.29. The molecule has 2 aromatic heterocycles. The Balaban J connectivity index is 1.43. The Morgan fingerprint density at radius 3 is 2.92 bits per heavy atom. The van der Waals surface area contributed by atoms with E-state index < -0.39 is 11.9 Å². The number of alkyl halides is 3. The number of hydrogen-bond acceptors (Lipinski definition) is 5. The number of thiophene rings is 1. The summed E-state index contributed by atoms with van der Waals surface area (Å²) >= 11 is 1.72. The van der Waals surface area contributed by atoms with Gasteiger partial charge in [0.2, 0.25) is 11.9 Å². The number of rotatable bonds is 2. The van der Waals surface area contributed by atoms with E-state index in [0.29, 0.717) is 32.6 Å². The third-order valence-electron chi connectivity index (χ3n) is 4.87. The summed E-state index contributed by atoms with van der Waals surface area (Å²) in [7, 11) is 0. The lowest BCUT2D eigenvalue weighted by molar-refractivity contribution is -0.141. The Bertz CT molecular complexity index is 822. The molecule has 0 spiro atoms. The first-order chi connectivity index (χ1) is 12.4. The van der Waals surface area contributed by atoms with Crippen molar-refractivity contribution in [1.29, 1.82) is 0 Å². The maximum atomic E-state index is 12.8. The van der Waals surface area contributed by atoms with Crippen LogP contribution in [0.15, 0.2) is 23.7 Å². The zero-order valence-corrected chi connectivity index (χ0v) is 14.7. The van der Waals surface area contributed by atoms with Gasteiger partial charge in [-0.25, -0.2) is 9.97 Å². The van der Waals surface area contributed by atoms with E-state index in [4.69, 9.17) is 0 Å². The molecule has 1 saturated heterocycles. The van der Waals surface area contributed by atoms with Gasteiger partial charge < -0.3 is 9.80 Å². The van der Waals surface area contributed by atoms with Gasteiger partial charge in [0.05, 0.1) is 5.92 Å².